The number of carbonyl (C=O) groups is 1. The lowest BCUT2D eigenvalue weighted by atomic mass is 10.1. The molecule has 2 atom stereocenters. The zero-order chi connectivity index (χ0) is 14.0. The summed E-state index contributed by atoms with van der Waals surface area (Å²) in [5, 5.41) is 5.86. The van der Waals surface area contributed by atoms with Crippen LogP contribution in [0.1, 0.15) is 24.9 Å². The fourth-order valence-corrected chi connectivity index (χ4v) is 2.18. The Morgan fingerprint density at radius 3 is 2.55 bits per heavy atom. The van der Waals surface area contributed by atoms with Gasteiger partial charge in [-0.2, -0.15) is 0 Å². The topological polar surface area (TPSA) is 41.1 Å². The quantitative estimate of drug-likeness (QED) is 0.897. The predicted octanol–water partition coefficient (Wildman–Crippen LogP) is 2.94. The molecule has 0 aliphatic carbocycles. The zero-order valence-electron chi connectivity index (χ0n) is 10.8. The molecular weight excluding hydrogens is 309 g/mol. The number of hydrogen-bond donors (Lipinski definition) is 2. The minimum Gasteiger partial charge on any atom is -0.348 e. The van der Waals surface area contributed by atoms with Crippen LogP contribution in [-0.2, 0) is 4.79 Å². The molecule has 1 fully saturated rings. The van der Waals surface area contributed by atoms with Gasteiger partial charge in [0.05, 0.1) is 18.6 Å². The van der Waals surface area contributed by atoms with Crippen molar-refractivity contribution in [3.8, 4) is 0 Å². The first-order valence-corrected chi connectivity index (χ1v) is 6.42. The predicted molar refractivity (Wildman–Crippen MR) is 76.6 cm³/mol. The Morgan fingerprint density at radius 2 is 2.05 bits per heavy atom. The number of nitrogens with one attached hydrogen (secondary N) is 2. The number of amides is 1. The molecule has 0 bridgehead atoms. The molecule has 112 valence electrons. The van der Waals surface area contributed by atoms with Crippen LogP contribution in [0.25, 0.3) is 0 Å². The minimum atomic E-state index is -2.80. The van der Waals surface area contributed by atoms with Crippen molar-refractivity contribution in [3.05, 3.63) is 34.9 Å². The van der Waals surface area contributed by atoms with Gasteiger partial charge in [0, 0.05) is 11.4 Å². The molecular formula is C13H16Cl2F2N2O. The van der Waals surface area contributed by atoms with Gasteiger partial charge in [-0.25, -0.2) is 8.78 Å². The maximum absolute atomic E-state index is 13.0. The molecule has 2 rings (SSSR count). The lowest BCUT2D eigenvalue weighted by Crippen LogP contribution is -2.41. The molecule has 2 N–H and O–H groups in total. The van der Waals surface area contributed by atoms with Crippen molar-refractivity contribution in [3.63, 3.8) is 0 Å². The van der Waals surface area contributed by atoms with Crippen LogP contribution < -0.4 is 10.6 Å². The Hall–Kier alpha value is -0.910. The molecule has 1 aliphatic rings. The number of carbonyl (C=O) groups excluding carboxylic acids is 1. The Balaban J connectivity index is 0.00000200. The summed E-state index contributed by atoms with van der Waals surface area (Å²) in [5.41, 5.74) is 0.877. The standard InChI is InChI=1S/C13H15ClF2N2O.ClH/c1-8(9-2-4-10(14)5-3-9)18-12(19)11-6-13(15,16)7-17-11;/h2-5,8,11,17H,6-7H2,1H3,(H,18,19);1H. The third kappa shape index (κ3) is 4.30. The first kappa shape index (κ1) is 17.1. The fraction of sp³-hybridized carbons (Fsp3) is 0.462. The summed E-state index contributed by atoms with van der Waals surface area (Å²) >= 11 is 5.78. The van der Waals surface area contributed by atoms with Crippen LogP contribution in [-0.4, -0.2) is 24.4 Å². The summed E-state index contributed by atoms with van der Waals surface area (Å²) in [5.74, 6) is -3.20. The molecule has 1 heterocycles. The van der Waals surface area contributed by atoms with Crippen molar-refractivity contribution >= 4 is 29.9 Å². The van der Waals surface area contributed by atoms with Crippen molar-refractivity contribution in [2.75, 3.05) is 6.54 Å². The van der Waals surface area contributed by atoms with Crippen molar-refractivity contribution in [1.82, 2.24) is 10.6 Å². The highest BCUT2D eigenvalue weighted by molar-refractivity contribution is 6.30. The van der Waals surface area contributed by atoms with Crippen LogP contribution in [0.5, 0.6) is 0 Å². The second-order valence-corrected chi connectivity index (χ2v) is 5.21. The van der Waals surface area contributed by atoms with Crippen LogP contribution in [0.2, 0.25) is 5.02 Å². The van der Waals surface area contributed by atoms with E-state index < -0.39 is 30.8 Å². The highest BCUT2D eigenvalue weighted by Gasteiger charge is 2.42. The lowest BCUT2D eigenvalue weighted by Gasteiger charge is -2.17. The maximum Gasteiger partial charge on any atom is 0.262 e. The average molecular weight is 325 g/mol. The van der Waals surface area contributed by atoms with Gasteiger partial charge in [-0.1, -0.05) is 23.7 Å². The molecule has 0 radical (unpaired) electrons. The molecule has 1 amide bonds. The average Bonchev–Trinajstić information content (AvgIpc) is 2.70. The monoisotopic (exact) mass is 324 g/mol. The summed E-state index contributed by atoms with van der Waals surface area (Å²) in [7, 11) is 0. The van der Waals surface area contributed by atoms with Crippen LogP contribution in [0, 0.1) is 0 Å². The van der Waals surface area contributed by atoms with E-state index in [-0.39, 0.29) is 18.4 Å². The van der Waals surface area contributed by atoms with Crippen LogP contribution in [0.3, 0.4) is 0 Å². The van der Waals surface area contributed by atoms with E-state index in [1.807, 2.05) is 0 Å². The molecule has 0 aromatic heterocycles. The smallest absolute Gasteiger partial charge is 0.262 e. The van der Waals surface area contributed by atoms with E-state index in [0.717, 1.165) is 5.56 Å². The SMILES string of the molecule is CC(NC(=O)C1CC(F)(F)CN1)c1ccc(Cl)cc1.Cl. The third-order valence-electron chi connectivity index (χ3n) is 3.16. The highest BCUT2D eigenvalue weighted by atomic mass is 35.5. The normalized spacial score (nSPS) is 21.9. The molecule has 0 saturated carbocycles. The largest absolute Gasteiger partial charge is 0.348 e. The van der Waals surface area contributed by atoms with E-state index in [1.165, 1.54) is 0 Å². The molecule has 1 aromatic rings. The molecule has 7 heteroatoms. The highest BCUT2D eigenvalue weighted by Crippen LogP contribution is 2.25. The first-order valence-electron chi connectivity index (χ1n) is 6.04. The molecule has 1 saturated heterocycles. The van der Waals surface area contributed by atoms with E-state index >= 15 is 0 Å². The summed E-state index contributed by atoms with van der Waals surface area (Å²) in [6.07, 6.45) is -0.452. The van der Waals surface area contributed by atoms with E-state index in [9.17, 15) is 13.6 Å². The Morgan fingerprint density at radius 1 is 1.45 bits per heavy atom. The number of alkyl halides is 2. The van der Waals surface area contributed by atoms with E-state index in [2.05, 4.69) is 10.6 Å². The van der Waals surface area contributed by atoms with Crippen molar-refractivity contribution in [2.45, 2.75) is 31.4 Å². The number of halogens is 4. The van der Waals surface area contributed by atoms with Crippen molar-refractivity contribution < 1.29 is 13.6 Å². The zero-order valence-corrected chi connectivity index (χ0v) is 12.4. The Bertz CT molecular complexity index is 468. The Kier molecular flexibility index (Phi) is 5.74. The fourth-order valence-electron chi connectivity index (χ4n) is 2.05. The maximum atomic E-state index is 13.0. The number of benzene rings is 1. The van der Waals surface area contributed by atoms with Gasteiger partial charge in [0.25, 0.3) is 5.92 Å². The van der Waals surface area contributed by atoms with E-state index in [0.29, 0.717) is 5.02 Å². The molecule has 2 unspecified atom stereocenters. The van der Waals surface area contributed by atoms with Gasteiger partial charge in [0.15, 0.2) is 0 Å². The van der Waals surface area contributed by atoms with Gasteiger partial charge in [-0.05, 0) is 24.6 Å². The molecule has 1 aliphatic heterocycles. The number of rotatable bonds is 3. The minimum absolute atomic E-state index is 0. The van der Waals surface area contributed by atoms with E-state index in [1.54, 1.807) is 31.2 Å². The summed E-state index contributed by atoms with van der Waals surface area (Å²) < 4.78 is 26.0. The third-order valence-corrected chi connectivity index (χ3v) is 3.41. The second kappa shape index (κ2) is 6.70. The Labute approximate surface area is 127 Å². The molecule has 20 heavy (non-hydrogen) atoms. The van der Waals surface area contributed by atoms with Gasteiger partial charge in [0.2, 0.25) is 5.91 Å². The van der Waals surface area contributed by atoms with Crippen molar-refractivity contribution in [1.29, 1.82) is 0 Å². The first-order chi connectivity index (χ1) is 8.87. The summed E-state index contributed by atoms with van der Waals surface area (Å²) in [6.45, 7) is 1.36. The van der Waals surface area contributed by atoms with Gasteiger partial charge in [0.1, 0.15) is 0 Å². The van der Waals surface area contributed by atoms with Gasteiger partial charge >= 0.3 is 0 Å². The molecule has 3 nitrogen and oxygen atoms in total. The van der Waals surface area contributed by atoms with Gasteiger partial charge in [-0.15, -0.1) is 12.4 Å². The van der Waals surface area contributed by atoms with Crippen LogP contribution in [0.4, 0.5) is 8.78 Å². The van der Waals surface area contributed by atoms with E-state index in [4.69, 9.17) is 11.6 Å². The van der Waals surface area contributed by atoms with Crippen LogP contribution >= 0.6 is 24.0 Å². The lowest BCUT2D eigenvalue weighted by molar-refractivity contribution is -0.124. The summed E-state index contributed by atoms with van der Waals surface area (Å²) in [6, 6.07) is 5.96. The summed E-state index contributed by atoms with van der Waals surface area (Å²) in [4.78, 5) is 11.9. The molecule has 0 spiro atoms. The molecule has 1 aromatic carbocycles. The van der Waals surface area contributed by atoms with Gasteiger partial charge in [-0.3, -0.25) is 10.1 Å². The van der Waals surface area contributed by atoms with Gasteiger partial charge < -0.3 is 5.32 Å². The second-order valence-electron chi connectivity index (χ2n) is 4.78. The van der Waals surface area contributed by atoms with Crippen LogP contribution in [0.15, 0.2) is 24.3 Å². The van der Waals surface area contributed by atoms with Crippen molar-refractivity contribution in [2.24, 2.45) is 0 Å². The number of hydrogen-bond acceptors (Lipinski definition) is 2.